The number of rotatable bonds is 7. The van der Waals surface area contributed by atoms with Gasteiger partial charge in [-0.3, -0.25) is 0 Å². The van der Waals surface area contributed by atoms with E-state index < -0.39 is 0 Å². The maximum atomic E-state index is 3.58. The second-order valence-corrected chi connectivity index (χ2v) is 7.44. The highest BCUT2D eigenvalue weighted by Crippen LogP contribution is 2.33. The molecule has 0 spiro atoms. The van der Waals surface area contributed by atoms with Gasteiger partial charge in [0.2, 0.25) is 0 Å². The Morgan fingerprint density at radius 2 is 1.85 bits per heavy atom. The quantitative estimate of drug-likeness (QED) is 0.430. The molecule has 2 aromatic carbocycles. The van der Waals surface area contributed by atoms with E-state index >= 15 is 0 Å². The van der Waals surface area contributed by atoms with Crippen LogP contribution in [-0.4, -0.2) is 4.98 Å². The van der Waals surface area contributed by atoms with Crippen molar-refractivity contribution in [3.05, 3.63) is 70.9 Å². The van der Waals surface area contributed by atoms with Crippen molar-refractivity contribution >= 4 is 10.9 Å². The Hall–Kier alpha value is -2.28. The third kappa shape index (κ3) is 4.09. The number of hydrogen-bond acceptors (Lipinski definition) is 0. The number of nitrogens with one attached hydrogen (secondary N) is 1. The number of aromatic nitrogens is 1. The number of benzene rings is 2. The van der Waals surface area contributed by atoms with Crippen LogP contribution in [0.15, 0.2) is 54.1 Å². The number of aryl methyl sites for hydroxylation is 3. The molecule has 1 N–H and O–H groups in total. The maximum absolute atomic E-state index is 3.58. The average Bonchev–Trinajstić information content (AvgIpc) is 2.99. The van der Waals surface area contributed by atoms with E-state index in [2.05, 4.69) is 81.2 Å². The smallest absolute Gasteiger partial charge is 0.0462 e. The molecule has 0 amide bonds. The summed E-state index contributed by atoms with van der Waals surface area (Å²) in [4.78, 5) is 3.58. The zero-order chi connectivity index (χ0) is 18.5. The van der Waals surface area contributed by atoms with Gasteiger partial charge in [-0.25, -0.2) is 0 Å². The Labute approximate surface area is 158 Å². The number of unbranched alkanes of at least 4 members (excludes halogenated alkanes) is 1. The largest absolute Gasteiger partial charge is 0.358 e. The van der Waals surface area contributed by atoms with Crippen LogP contribution in [0.1, 0.15) is 56.9 Å². The topological polar surface area (TPSA) is 15.8 Å². The van der Waals surface area contributed by atoms with Crippen LogP contribution in [0.3, 0.4) is 0 Å². The molecule has 0 saturated heterocycles. The predicted molar refractivity (Wildman–Crippen MR) is 115 cm³/mol. The number of aromatic amines is 1. The third-order valence-corrected chi connectivity index (χ3v) is 5.39. The summed E-state index contributed by atoms with van der Waals surface area (Å²) in [5, 5.41) is 1.36. The van der Waals surface area contributed by atoms with Crippen LogP contribution in [0.4, 0.5) is 0 Å². The molecule has 3 aromatic rings. The molecule has 0 atom stereocenters. The van der Waals surface area contributed by atoms with Crippen molar-refractivity contribution < 1.29 is 0 Å². The van der Waals surface area contributed by atoms with Gasteiger partial charge in [0, 0.05) is 22.2 Å². The SMILES string of the molecule is C/C=C(/C)CCc1cccc(-c2c(C)[nH]c3ccc(CCCC)cc23)c1. The molecule has 0 aliphatic rings. The minimum Gasteiger partial charge on any atom is -0.358 e. The standard InChI is InChI=1S/C25H31N/c1-5-7-9-21-14-15-24-23(17-21)25(19(4)26-24)22-11-8-10-20(16-22)13-12-18(3)6-2/h6,8,10-11,14-17,26H,5,7,9,12-13H2,1-4H3/b18-6-. The van der Waals surface area contributed by atoms with Crippen LogP contribution >= 0.6 is 0 Å². The molecule has 0 fully saturated rings. The minimum atomic E-state index is 1.10. The Balaban J connectivity index is 1.97. The molecule has 1 nitrogen and oxygen atoms in total. The summed E-state index contributed by atoms with van der Waals surface area (Å²) >= 11 is 0. The zero-order valence-electron chi connectivity index (χ0n) is 16.7. The summed E-state index contributed by atoms with van der Waals surface area (Å²) in [5.41, 5.74) is 9.51. The predicted octanol–water partition coefficient (Wildman–Crippen LogP) is 7.38. The Morgan fingerprint density at radius 3 is 2.62 bits per heavy atom. The van der Waals surface area contributed by atoms with Crippen LogP contribution in [0.2, 0.25) is 0 Å². The molecule has 3 rings (SSSR count). The van der Waals surface area contributed by atoms with Crippen molar-refractivity contribution in [2.45, 2.75) is 59.8 Å². The van der Waals surface area contributed by atoms with Crippen LogP contribution in [0, 0.1) is 6.92 Å². The first-order valence-electron chi connectivity index (χ1n) is 9.94. The van der Waals surface area contributed by atoms with E-state index in [9.17, 15) is 0 Å². The lowest BCUT2D eigenvalue weighted by molar-refractivity contribution is 0.796. The van der Waals surface area contributed by atoms with Gasteiger partial charge in [0.25, 0.3) is 0 Å². The molecule has 136 valence electrons. The summed E-state index contributed by atoms with van der Waals surface area (Å²) in [7, 11) is 0. The van der Waals surface area contributed by atoms with Crippen LogP contribution in [0.5, 0.6) is 0 Å². The van der Waals surface area contributed by atoms with Crippen molar-refractivity contribution in [3.63, 3.8) is 0 Å². The van der Waals surface area contributed by atoms with Crippen LogP contribution in [0.25, 0.3) is 22.0 Å². The van der Waals surface area contributed by atoms with Crippen molar-refractivity contribution in [1.82, 2.24) is 4.98 Å². The molecule has 0 aliphatic heterocycles. The van der Waals surface area contributed by atoms with E-state index in [4.69, 9.17) is 0 Å². The number of H-pyrrole nitrogens is 1. The molecule has 0 saturated carbocycles. The van der Waals surface area contributed by atoms with Gasteiger partial charge in [-0.1, -0.05) is 55.3 Å². The van der Waals surface area contributed by atoms with Gasteiger partial charge in [0.15, 0.2) is 0 Å². The fourth-order valence-electron chi connectivity index (χ4n) is 3.65. The highest BCUT2D eigenvalue weighted by molar-refractivity contribution is 5.97. The van der Waals surface area contributed by atoms with Gasteiger partial charge in [0.1, 0.15) is 0 Å². The molecule has 26 heavy (non-hydrogen) atoms. The Kier molecular flexibility index (Phi) is 5.98. The van der Waals surface area contributed by atoms with E-state index in [0.717, 1.165) is 12.8 Å². The maximum Gasteiger partial charge on any atom is 0.0462 e. The molecular weight excluding hydrogens is 314 g/mol. The molecule has 1 heteroatoms. The third-order valence-electron chi connectivity index (χ3n) is 5.39. The first-order valence-corrected chi connectivity index (χ1v) is 9.94. The summed E-state index contributed by atoms with van der Waals surface area (Å²) in [6.45, 7) is 8.78. The molecule has 1 heterocycles. The van der Waals surface area contributed by atoms with Gasteiger partial charge in [-0.05, 0) is 75.3 Å². The van der Waals surface area contributed by atoms with Gasteiger partial charge in [0.05, 0.1) is 0 Å². The normalized spacial score (nSPS) is 12.1. The Bertz CT molecular complexity index is 911. The molecule has 0 aliphatic carbocycles. The summed E-state index contributed by atoms with van der Waals surface area (Å²) < 4.78 is 0. The monoisotopic (exact) mass is 345 g/mol. The minimum absolute atomic E-state index is 1.10. The molecule has 0 unspecified atom stereocenters. The van der Waals surface area contributed by atoms with Gasteiger partial charge in [-0.15, -0.1) is 0 Å². The molecule has 1 aromatic heterocycles. The fraction of sp³-hybridized carbons (Fsp3) is 0.360. The second kappa shape index (κ2) is 8.40. The van der Waals surface area contributed by atoms with E-state index in [1.54, 1.807) is 0 Å². The molecule has 0 bridgehead atoms. The van der Waals surface area contributed by atoms with Gasteiger partial charge in [-0.2, -0.15) is 0 Å². The summed E-state index contributed by atoms with van der Waals surface area (Å²) in [5.74, 6) is 0. The van der Waals surface area contributed by atoms with Crippen molar-refractivity contribution in [3.8, 4) is 11.1 Å². The van der Waals surface area contributed by atoms with Crippen molar-refractivity contribution in [2.24, 2.45) is 0 Å². The summed E-state index contributed by atoms with van der Waals surface area (Å²) in [6.07, 6.45) is 8.11. The van der Waals surface area contributed by atoms with Crippen LogP contribution in [-0.2, 0) is 12.8 Å². The zero-order valence-corrected chi connectivity index (χ0v) is 16.7. The van der Waals surface area contributed by atoms with Crippen molar-refractivity contribution in [2.75, 3.05) is 0 Å². The highest BCUT2D eigenvalue weighted by atomic mass is 14.7. The van der Waals surface area contributed by atoms with E-state index in [1.165, 1.54) is 63.7 Å². The van der Waals surface area contributed by atoms with Crippen molar-refractivity contribution in [1.29, 1.82) is 0 Å². The molecular formula is C25H31N. The lowest BCUT2D eigenvalue weighted by atomic mass is 9.96. The second-order valence-electron chi connectivity index (χ2n) is 7.44. The first kappa shape index (κ1) is 18.5. The van der Waals surface area contributed by atoms with Crippen LogP contribution < -0.4 is 0 Å². The van der Waals surface area contributed by atoms with Gasteiger partial charge < -0.3 is 4.98 Å². The highest BCUT2D eigenvalue weighted by Gasteiger charge is 2.12. The first-order chi connectivity index (χ1) is 12.6. The summed E-state index contributed by atoms with van der Waals surface area (Å²) in [6, 6.07) is 16.0. The van der Waals surface area contributed by atoms with E-state index in [0.29, 0.717) is 0 Å². The number of fused-ring (bicyclic) bond motifs is 1. The van der Waals surface area contributed by atoms with E-state index in [1.807, 2.05) is 0 Å². The van der Waals surface area contributed by atoms with Gasteiger partial charge >= 0.3 is 0 Å². The lowest BCUT2D eigenvalue weighted by Crippen LogP contribution is -1.89. The number of allylic oxidation sites excluding steroid dienone is 2. The Morgan fingerprint density at radius 1 is 1.04 bits per heavy atom. The van der Waals surface area contributed by atoms with E-state index in [-0.39, 0.29) is 0 Å². The molecule has 0 radical (unpaired) electrons. The average molecular weight is 346 g/mol. The lowest BCUT2D eigenvalue weighted by Gasteiger charge is -2.08. The fourth-order valence-corrected chi connectivity index (χ4v) is 3.65. The number of hydrogen-bond donors (Lipinski definition) is 1.